The van der Waals surface area contributed by atoms with Crippen molar-refractivity contribution in [2.45, 2.75) is 13.0 Å². The lowest BCUT2D eigenvalue weighted by atomic mass is 10.2. The molecule has 0 heterocycles. The van der Waals surface area contributed by atoms with Crippen LogP contribution in [0.15, 0.2) is 24.3 Å². The summed E-state index contributed by atoms with van der Waals surface area (Å²) in [7, 11) is 0. The van der Waals surface area contributed by atoms with Crippen LogP contribution in [0.3, 0.4) is 0 Å². The summed E-state index contributed by atoms with van der Waals surface area (Å²) in [5, 5.41) is 13.9. The SMILES string of the molecule is CC(NC(=O)c1ccccc1Cl)C(=O)NCCO. The Bertz CT molecular complexity index is 437. The minimum absolute atomic E-state index is 0.142. The standard InChI is InChI=1S/C12H15ClN2O3/c1-8(11(17)14-6-7-16)15-12(18)9-4-2-3-5-10(9)13/h2-5,8,16H,6-7H2,1H3,(H,14,17)(H,15,18). The van der Waals surface area contributed by atoms with E-state index < -0.39 is 11.9 Å². The van der Waals surface area contributed by atoms with Crippen LogP contribution < -0.4 is 10.6 Å². The number of hydrogen-bond acceptors (Lipinski definition) is 3. The summed E-state index contributed by atoms with van der Waals surface area (Å²) in [6.07, 6.45) is 0. The molecule has 1 atom stereocenters. The van der Waals surface area contributed by atoms with E-state index in [1.54, 1.807) is 31.2 Å². The van der Waals surface area contributed by atoms with Gasteiger partial charge in [0.15, 0.2) is 0 Å². The molecule has 0 fully saturated rings. The number of nitrogens with one attached hydrogen (secondary N) is 2. The summed E-state index contributed by atoms with van der Waals surface area (Å²) in [4.78, 5) is 23.3. The zero-order chi connectivity index (χ0) is 13.5. The van der Waals surface area contributed by atoms with Crippen LogP contribution >= 0.6 is 11.6 Å². The lowest BCUT2D eigenvalue weighted by Crippen LogP contribution is -2.45. The van der Waals surface area contributed by atoms with Crippen LogP contribution in [0.2, 0.25) is 5.02 Å². The summed E-state index contributed by atoms with van der Waals surface area (Å²) in [5.41, 5.74) is 0.320. The number of carbonyl (C=O) groups excluding carboxylic acids is 2. The van der Waals surface area contributed by atoms with E-state index in [9.17, 15) is 9.59 Å². The number of aliphatic hydroxyl groups excluding tert-OH is 1. The zero-order valence-corrected chi connectivity index (χ0v) is 10.7. The predicted octanol–water partition coefficient (Wildman–Crippen LogP) is 0.567. The second-order valence-electron chi connectivity index (χ2n) is 3.69. The first-order valence-electron chi connectivity index (χ1n) is 5.50. The molecule has 2 amide bonds. The minimum atomic E-state index is -0.694. The molecule has 0 spiro atoms. The van der Waals surface area contributed by atoms with Crippen LogP contribution in [0.25, 0.3) is 0 Å². The third-order valence-corrected chi connectivity index (χ3v) is 2.60. The summed E-state index contributed by atoms with van der Waals surface area (Å²) >= 11 is 5.87. The Hall–Kier alpha value is -1.59. The Labute approximate surface area is 110 Å². The number of halogens is 1. The van der Waals surface area contributed by atoms with E-state index in [0.717, 1.165) is 0 Å². The molecule has 1 unspecified atom stereocenters. The normalized spacial score (nSPS) is 11.7. The van der Waals surface area contributed by atoms with Crippen molar-refractivity contribution >= 4 is 23.4 Å². The van der Waals surface area contributed by atoms with Crippen molar-refractivity contribution in [1.82, 2.24) is 10.6 Å². The molecule has 0 aromatic heterocycles. The van der Waals surface area contributed by atoms with Crippen LogP contribution in [-0.4, -0.2) is 36.1 Å². The second-order valence-corrected chi connectivity index (χ2v) is 4.10. The first kappa shape index (κ1) is 14.5. The van der Waals surface area contributed by atoms with Crippen molar-refractivity contribution in [3.63, 3.8) is 0 Å². The van der Waals surface area contributed by atoms with Crippen molar-refractivity contribution in [2.24, 2.45) is 0 Å². The fraction of sp³-hybridized carbons (Fsp3) is 0.333. The summed E-state index contributed by atoms with van der Waals surface area (Å²) in [6, 6.07) is 5.90. The first-order valence-corrected chi connectivity index (χ1v) is 5.88. The molecule has 5 nitrogen and oxygen atoms in total. The number of amides is 2. The second kappa shape index (κ2) is 6.98. The van der Waals surface area contributed by atoms with Gasteiger partial charge in [0.1, 0.15) is 6.04 Å². The Kier molecular flexibility index (Phi) is 5.61. The van der Waals surface area contributed by atoms with Gasteiger partial charge < -0.3 is 15.7 Å². The van der Waals surface area contributed by atoms with Crippen molar-refractivity contribution in [1.29, 1.82) is 0 Å². The molecule has 0 saturated heterocycles. The van der Waals surface area contributed by atoms with E-state index in [4.69, 9.17) is 16.7 Å². The van der Waals surface area contributed by atoms with E-state index in [-0.39, 0.29) is 19.1 Å². The fourth-order valence-corrected chi connectivity index (χ4v) is 1.54. The smallest absolute Gasteiger partial charge is 0.253 e. The van der Waals surface area contributed by atoms with Gasteiger partial charge in [0.05, 0.1) is 17.2 Å². The van der Waals surface area contributed by atoms with E-state index in [0.29, 0.717) is 10.6 Å². The largest absolute Gasteiger partial charge is 0.395 e. The summed E-state index contributed by atoms with van der Waals surface area (Å²) in [6.45, 7) is 1.57. The topological polar surface area (TPSA) is 78.4 Å². The van der Waals surface area contributed by atoms with Gasteiger partial charge >= 0.3 is 0 Å². The molecule has 1 aromatic rings. The molecule has 1 aromatic carbocycles. The Morgan fingerprint density at radius 1 is 1.39 bits per heavy atom. The third-order valence-electron chi connectivity index (χ3n) is 2.27. The molecule has 0 aliphatic carbocycles. The minimum Gasteiger partial charge on any atom is -0.395 e. The van der Waals surface area contributed by atoms with E-state index in [1.807, 2.05) is 0 Å². The predicted molar refractivity (Wildman–Crippen MR) is 68.5 cm³/mol. The maximum atomic E-state index is 11.8. The van der Waals surface area contributed by atoms with Crippen LogP contribution in [0, 0.1) is 0 Å². The van der Waals surface area contributed by atoms with Crippen molar-refractivity contribution in [3.8, 4) is 0 Å². The van der Waals surface area contributed by atoms with Gasteiger partial charge in [0, 0.05) is 6.54 Å². The molecule has 18 heavy (non-hydrogen) atoms. The fourth-order valence-electron chi connectivity index (χ4n) is 1.32. The number of benzene rings is 1. The highest BCUT2D eigenvalue weighted by molar-refractivity contribution is 6.33. The molecule has 0 aliphatic heterocycles. The first-order chi connectivity index (χ1) is 8.56. The summed E-state index contributed by atoms with van der Waals surface area (Å²) < 4.78 is 0. The maximum Gasteiger partial charge on any atom is 0.253 e. The third kappa shape index (κ3) is 4.01. The van der Waals surface area contributed by atoms with Gasteiger partial charge in [-0.2, -0.15) is 0 Å². The average Bonchev–Trinajstić information content (AvgIpc) is 2.36. The van der Waals surface area contributed by atoms with E-state index >= 15 is 0 Å². The Morgan fingerprint density at radius 3 is 2.67 bits per heavy atom. The quantitative estimate of drug-likeness (QED) is 0.732. The Balaban J connectivity index is 2.60. The molecule has 0 bridgehead atoms. The highest BCUT2D eigenvalue weighted by Crippen LogP contribution is 2.14. The number of hydrogen-bond donors (Lipinski definition) is 3. The number of aliphatic hydroxyl groups is 1. The number of carbonyl (C=O) groups is 2. The molecule has 0 saturated carbocycles. The van der Waals surface area contributed by atoms with Gasteiger partial charge in [-0.05, 0) is 19.1 Å². The van der Waals surface area contributed by atoms with Crippen molar-refractivity contribution < 1.29 is 14.7 Å². The average molecular weight is 271 g/mol. The molecular formula is C12H15ClN2O3. The van der Waals surface area contributed by atoms with Crippen molar-refractivity contribution in [2.75, 3.05) is 13.2 Å². The monoisotopic (exact) mass is 270 g/mol. The highest BCUT2D eigenvalue weighted by atomic mass is 35.5. The lowest BCUT2D eigenvalue weighted by molar-refractivity contribution is -0.122. The van der Waals surface area contributed by atoms with Crippen molar-refractivity contribution in [3.05, 3.63) is 34.9 Å². The molecule has 3 N–H and O–H groups in total. The molecule has 1 rings (SSSR count). The Morgan fingerprint density at radius 2 is 2.06 bits per heavy atom. The summed E-state index contributed by atoms with van der Waals surface area (Å²) in [5.74, 6) is -0.767. The van der Waals surface area contributed by atoms with Crippen LogP contribution in [0.5, 0.6) is 0 Å². The molecule has 98 valence electrons. The molecular weight excluding hydrogens is 256 g/mol. The van der Waals surface area contributed by atoms with Crippen LogP contribution in [0.1, 0.15) is 17.3 Å². The molecule has 0 aliphatic rings. The van der Waals surface area contributed by atoms with Gasteiger partial charge in [0.2, 0.25) is 5.91 Å². The van der Waals surface area contributed by atoms with Gasteiger partial charge in [0.25, 0.3) is 5.91 Å². The van der Waals surface area contributed by atoms with Crippen LogP contribution in [-0.2, 0) is 4.79 Å². The van der Waals surface area contributed by atoms with Gasteiger partial charge in [-0.1, -0.05) is 23.7 Å². The zero-order valence-electron chi connectivity index (χ0n) is 9.94. The van der Waals surface area contributed by atoms with E-state index in [2.05, 4.69) is 10.6 Å². The highest BCUT2D eigenvalue weighted by Gasteiger charge is 2.17. The maximum absolute atomic E-state index is 11.8. The number of rotatable bonds is 5. The lowest BCUT2D eigenvalue weighted by Gasteiger charge is -2.14. The van der Waals surface area contributed by atoms with Gasteiger partial charge in [-0.3, -0.25) is 9.59 Å². The van der Waals surface area contributed by atoms with Crippen LogP contribution in [0.4, 0.5) is 0 Å². The van der Waals surface area contributed by atoms with Gasteiger partial charge in [-0.15, -0.1) is 0 Å². The molecule has 0 radical (unpaired) electrons. The van der Waals surface area contributed by atoms with E-state index in [1.165, 1.54) is 0 Å². The molecule has 6 heteroatoms. The van der Waals surface area contributed by atoms with Gasteiger partial charge in [-0.25, -0.2) is 0 Å².